The standard InChI is InChI=1S/C28H31Cl2N3O5S/c1-28(2,3)38-27(37)33(4)23-13-6-10-18(31-23)9-5-8-17-14-19(39-16-17)15-22(26(35)36)32-25(34)24-20(29)11-7-12-21(24)30/h6-7,10-14,16,22H,5,8-9,15H2,1-4H3,(H,32,34)(H,35,36)/t22-/m0/s1. The van der Waals surface area contributed by atoms with Crippen LogP contribution in [0.5, 0.6) is 0 Å². The molecule has 1 aromatic carbocycles. The first-order valence-electron chi connectivity index (χ1n) is 12.3. The Morgan fingerprint density at radius 3 is 2.41 bits per heavy atom. The maximum Gasteiger partial charge on any atom is 0.415 e. The monoisotopic (exact) mass is 591 g/mol. The molecule has 0 fully saturated rings. The first-order valence-corrected chi connectivity index (χ1v) is 13.9. The number of anilines is 1. The number of thiophene rings is 1. The molecule has 0 spiro atoms. The van der Waals surface area contributed by atoms with Crippen molar-refractivity contribution in [1.82, 2.24) is 10.3 Å². The van der Waals surface area contributed by atoms with Crippen LogP contribution in [-0.2, 0) is 28.8 Å². The quantitative estimate of drug-likeness (QED) is 0.281. The molecule has 208 valence electrons. The van der Waals surface area contributed by atoms with E-state index < -0.39 is 29.6 Å². The number of nitrogens with zero attached hydrogens (tertiary/aromatic N) is 2. The van der Waals surface area contributed by atoms with E-state index in [-0.39, 0.29) is 22.0 Å². The van der Waals surface area contributed by atoms with Gasteiger partial charge >= 0.3 is 12.1 Å². The third kappa shape index (κ3) is 8.95. The minimum Gasteiger partial charge on any atom is -0.480 e. The molecule has 2 heterocycles. The zero-order valence-electron chi connectivity index (χ0n) is 22.2. The van der Waals surface area contributed by atoms with Crippen molar-refractivity contribution in [3.63, 3.8) is 0 Å². The van der Waals surface area contributed by atoms with Gasteiger partial charge in [-0.05, 0) is 81.3 Å². The summed E-state index contributed by atoms with van der Waals surface area (Å²) in [6, 6.07) is 11.0. The van der Waals surface area contributed by atoms with Crippen LogP contribution in [-0.4, -0.2) is 46.8 Å². The largest absolute Gasteiger partial charge is 0.480 e. The van der Waals surface area contributed by atoms with Gasteiger partial charge in [-0.1, -0.05) is 35.3 Å². The number of aryl methyl sites for hydroxylation is 2. The van der Waals surface area contributed by atoms with E-state index in [1.807, 2.05) is 44.4 Å². The molecule has 2 aromatic heterocycles. The smallest absolute Gasteiger partial charge is 0.415 e. The van der Waals surface area contributed by atoms with Crippen LogP contribution in [0.2, 0.25) is 10.0 Å². The molecular formula is C28H31Cl2N3O5S. The van der Waals surface area contributed by atoms with Crippen molar-refractivity contribution in [2.24, 2.45) is 0 Å². The van der Waals surface area contributed by atoms with E-state index in [1.165, 1.54) is 28.4 Å². The SMILES string of the molecule is CN(C(=O)OC(C)(C)C)c1cccc(CCCc2csc(C[C@H](NC(=O)c3c(Cl)cccc3Cl)C(=O)O)c2)n1. The molecule has 39 heavy (non-hydrogen) atoms. The normalized spacial score (nSPS) is 12.1. The average Bonchev–Trinajstić information content (AvgIpc) is 3.29. The predicted molar refractivity (Wildman–Crippen MR) is 154 cm³/mol. The first-order chi connectivity index (χ1) is 18.3. The highest BCUT2D eigenvalue weighted by Crippen LogP contribution is 2.25. The molecule has 8 nitrogen and oxygen atoms in total. The molecule has 0 radical (unpaired) electrons. The molecule has 3 rings (SSSR count). The summed E-state index contributed by atoms with van der Waals surface area (Å²) < 4.78 is 5.41. The second-order valence-electron chi connectivity index (χ2n) is 9.97. The lowest BCUT2D eigenvalue weighted by molar-refractivity contribution is -0.139. The number of pyridine rings is 1. The first kappa shape index (κ1) is 30.4. The zero-order valence-corrected chi connectivity index (χ0v) is 24.5. The van der Waals surface area contributed by atoms with Gasteiger partial charge in [0, 0.05) is 24.0 Å². The van der Waals surface area contributed by atoms with E-state index in [9.17, 15) is 19.5 Å². The number of halogens is 2. The second kappa shape index (κ2) is 13.3. The van der Waals surface area contributed by atoms with Gasteiger partial charge in [-0.2, -0.15) is 0 Å². The topological polar surface area (TPSA) is 109 Å². The Morgan fingerprint density at radius 2 is 1.77 bits per heavy atom. The van der Waals surface area contributed by atoms with Crippen LogP contribution in [0.25, 0.3) is 0 Å². The number of rotatable bonds is 10. The number of carboxylic acid groups (broad SMARTS) is 1. The lowest BCUT2D eigenvalue weighted by atomic mass is 10.1. The van der Waals surface area contributed by atoms with Crippen LogP contribution < -0.4 is 10.2 Å². The number of ether oxygens (including phenoxy) is 1. The fraction of sp³-hybridized carbons (Fsp3) is 0.357. The Balaban J connectivity index is 1.56. The number of nitrogens with one attached hydrogen (secondary N) is 1. The van der Waals surface area contributed by atoms with Crippen molar-refractivity contribution in [2.45, 2.75) is 58.1 Å². The van der Waals surface area contributed by atoms with Crippen LogP contribution in [0.3, 0.4) is 0 Å². The maximum atomic E-state index is 12.7. The number of carboxylic acids is 1. The Labute approximate surface area is 241 Å². The molecular weight excluding hydrogens is 561 g/mol. The Bertz CT molecular complexity index is 1320. The zero-order chi connectivity index (χ0) is 28.7. The van der Waals surface area contributed by atoms with Gasteiger partial charge in [0.1, 0.15) is 17.5 Å². The Kier molecular flexibility index (Phi) is 10.4. The van der Waals surface area contributed by atoms with E-state index in [4.69, 9.17) is 27.9 Å². The van der Waals surface area contributed by atoms with Crippen molar-refractivity contribution in [1.29, 1.82) is 0 Å². The van der Waals surface area contributed by atoms with E-state index in [1.54, 1.807) is 19.2 Å². The van der Waals surface area contributed by atoms with Gasteiger partial charge in [-0.25, -0.2) is 14.6 Å². The number of benzene rings is 1. The van der Waals surface area contributed by atoms with Crippen LogP contribution in [0, 0.1) is 0 Å². The number of aliphatic carboxylic acids is 1. The van der Waals surface area contributed by atoms with Gasteiger partial charge in [0.2, 0.25) is 0 Å². The summed E-state index contributed by atoms with van der Waals surface area (Å²) >= 11 is 13.6. The van der Waals surface area contributed by atoms with Gasteiger partial charge in [-0.3, -0.25) is 9.69 Å². The predicted octanol–water partition coefficient (Wildman–Crippen LogP) is 6.42. The minimum atomic E-state index is -1.15. The highest BCUT2D eigenvalue weighted by molar-refractivity contribution is 7.10. The lowest BCUT2D eigenvalue weighted by Gasteiger charge is -2.24. The van der Waals surface area contributed by atoms with E-state index in [0.717, 1.165) is 29.0 Å². The molecule has 0 aliphatic rings. The van der Waals surface area contributed by atoms with Crippen LogP contribution in [0.4, 0.5) is 10.6 Å². The fourth-order valence-corrected chi connectivity index (χ4v) is 5.24. The number of carbonyl (C=O) groups excluding carboxylic acids is 2. The number of hydrogen-bond donors (Lipinski definition) is 2. The summed E-state index contributed by atoms with van der Waals surface area (Å²) in [4.78, 5) is 43.7. The van der Waals surface area contributed by atoms with Gasteiger partial charge < -0.3 is 15.2 Å². The summed E-state index contributed by atoms with van der Waals surface area (Å²) in [5.74, 6) is -1.27. The van der Waals surface area contributed by atoms with Crippen molar-refractivity contribution >= 4 is 58.3 Å². The Morgan fingerprint density at radius 1 is 1.10 bits per heavy atom. The number of amides is 2. The molecule has 0 bridgehead atoms. The van der Waals surface area contributed by atoms with Crippen molar-refractivity contribution in [2.75, 3.05) is 11.9 Å². The summed E-state index contributed by atoms with van der Waals surface area (Å²) in [7, 11) is 1.63. The number of aromatic nitrogens is 1. The lowest BCUT2D eigenvalue weighted by Crippen LogP contribution is -2.42. The molecule has 0 aliphatic carbocycles. The third-order valence-electron chi connectivity index (χ3n) is 5.61. The fourth-order valence-electron chi connectivity index (χ4n) is 3.70. The minimum absolute atomic E-state index is 0.0499. The average molecular weight is 593 g/mol. The maximum absolute atomic E-state index is 12.7. The number of carbonyl (C=O) groups is 3. The number of hydrogen-bond acceptors (Lipinski definition) is 6. The van der Waals surface area contributed by atoms with E-state index in [0.29, 0.717) is 12.2 Å². The molecule has 11 heteroatoms. The van der Waals surface area contributed by atoms with Gasteiger partial charge in [0.05, 0.1) is 15.6 Å². The molecule has 1 atom stereocenters. The summed E-state index contributed by atoms with van der Waals surface area (Å²) in [6.45, 7) is 5.44. The molecule has 2 N–H and O–H groups in total. The van der Waals surface area contributed by atoms with E-state index in [2.05, 4.69) is 10.3 Å². The molecule has 0 unspecified atom stereocenters. The van der Waals surface area contributed by atoms with Crippen LogP contribution >= 0.6 is 34.5 Å². The second-order valence-corrected chi connectivity index (χ2v) is 11.8. The van der Waals surface area contributed by atoms with Crippen molar-refractivity contribution in [3.8, 4) is 0 Å². The van der Waals surface area contributed by atoms with Crippen molar-refractivity contribution < 1.29 is 24.2 Å². The van der Waals surface area contributed by atoms with Gasteiger partial charge in [0.25, 0.3) is 5.91 Å². The van der Waals surface area contributed by atoms with Gasteiger partial charge in [-0.15, -0.1) is 11.3 Å². The molecule has 0 saturated heterocycles. The summed E-state index contributed by atoms with van der Waals surface area (Å²) in [6.07, 6.45) is 1.95. The van der Waals surface area contributed by atoms with Gasteiger partial charge in [0.15, 0.2) is 0 Å². The molecule has 0 aliphatic heterocycles. The van der Waals surface area contributed by atoms with Crippen LogP contribution in [0.15, 0.2) is 47.8 Å². The summed E-state index contributed by atoms with van der Waals surface area (Å²) in [5.41, 5.74) is 1.38. The third-order valence-corrected chi connectivity index (χ3v) is 7.25. The highest BCUT2D eigenvalue weighted by Gasteiger charge is 2.25. The molecule has 2 amide bonds. The molecule has 3 aromatic rings. The van der Waals surface area contributed by atoms with Crippen LogP contribution in [0.1, 0.15) is 53.7 Å². The van der Waals surface area contributed by atoms with Crippen molar-refractivity contribution in [3.05, 3.63) is 79.6 Å². The highest BCUT2D eigenvalue weighted by atomic mass is 35.5. The Hall–Kier alpha value is -3.14. The van der Waals surface area contributed by atoms with E-state index >= 15 is 0 Å². The summed E-state index contributed by atoms with van der Waals surface area (Å²) in [5, 5.41) is 14.5. The molecule has 0 saturated carbocycles.